The monoisotopic (exact) mass is 444 g/mol. The molecule has 0 fully saturated rings. The first-order valence-electron chi connectivity index (χ1n) is 10.6. The molecule has 0 atom stereocenters. The SMILES string of the molecule is CC#CN(C)c1ccc(N=Nc2ccc(N=Nc3ccc(N(C#CC)C#CC)cc3)cc2)cc1. The zero-order valence-electron chi connectivity index (χ0n) is 19.6. The molecule has 0 unspecified atom stereocenters. The first kappa shape index (κ1) is 23.8. The van der Waals surface area contributed by atoms with Crippen molar-refractivity contribution in [3.63, 3.8) is 0 Å². The van der Waals surface area contributed by atoms with Gasteiger partial charge in [0.15, 0.2) is 0 Å². The molecular formula is C28H24N6. The molecule has 0 radical (unpaired) electrons. The van der Waals surface area contributed by atoms with Crippen molar-refractivity contribution < 1.29 is 0 Å². The lowest BCUT2D eigenvalue weighted by molar-refractivity contribution is 1.20. The zero-order valence-corrected chi connectivity index (χ0v) is 19.6. The summed E-state index contributed by atoms with van der Waals surface area (Å²) < 4.78 is 0. The second kappa shape index (κ2) is 12.2. The van der Waals surface area contributed by atoms with Gasteiger partial charge in [0.05, 0.1) is 28.4 Å². The van der Waals surface area contributed by atoms with Gasteiger partial charge in [-0.2, -0.15) is 20.5 Å². The Kier molecular flexibility index (Phi) is 8.57. The molecule has 34 heavy (non-hydrogen) atoms. The lowest BCUT2D eigenvalue weighted by atomic mass is 10.2. The van der Waals surface area contributed by atoms with Crippen LogP contribution in [0.3, 0.4) is 0 Å². The topological polar surface area (TPSA) is 55.9 Å². The summed E-state index contributed by atoms with van der Waals surface area (Å²) in [5.41, 5.74) is 4.84. The molecule has 0 aliphatic heterocycles. The van der Waals surface area contributed by atoms with E-state index < -0.39 is 0 Å². The summed E-state index contributed by atoms with van der Waals surface area (Å²) in [7, 11) is 1.92. The van der Waals surface area contributed by atoms with Gasteiger partial charge in [-0.15, -0.1) is 0 Å². The van der Waals surface area contributed by atoms with Crippen LogP contribution in [-0.2, 0) is 0 Å². The molecule has 6 nitrogen and oxygen atoms in total. The second-order valence-corrected chi connectivity index (χ2v) is 6.93. The molecule has 3 aromatic carbocycles. The van der Waals surface area contributed by atoms with Crippen LogP contribution < -0.4 is 9.80 Å². The van der Waals surface area contributed by atoms with Gasteiger partial charge in [-0.3, -0.25) is 0 Å². The summed E-state index contributed by atoms with van der Waals surface area (Å²) in [5, 5.41) is 17.2. The molecule has 0 heterocycles. The molecule has 3 rings (SSSR count). The number of nitrogens with zero attached hydrogens (tertiary/aromatic N) is 6. The van der Waals surface area contributed by atoms with Crippen LogP contribution in [0.5, 0.6) is 0 Å². The van der Waals surface area contributed by atoms with Crippen LogP contribution in [0.25, 0.3) is 0 Å². The normalized spacial score (nSPS) is 10.0. The van der Waals surface area contributed by atoms with E-state index in [0.29, 0.717) is 0 Å². The predicted molar refractivity (Wildman–Crippen MR) is 139 cm³/mol. The minimum Gasteiger partial charge on any atom is -0.305 e. The first-order chi connectivity index (χ1) is 16.6. The van der Waals surface area contributed by atoms with Crippen molar-refractivity contribution in [1.29, 1.82) is 0 Å². The van der Waals surface area contributed by atoms with Crippen LogP contribution in [-0.4, -0.2) is 7.05 Å². The van der Waals surface area contributed by atoms with Crippen molar-refractivity contribution >= 4 is 34.1 Å². The molecule has 0 spiro atoms. The molecule has 0 amide bonds. The van der Waals surface area contributed by atoms with E-state index in [2.05, 4.69) is 56.4 Å². The number of hydrogen-bond donors (Lipinski definition) is 0. The highest BCUT2D eigenvalue weighted by atomic mass is 15.1. The Balaban J connectivity index is 1.62. The average molecular weight is 445 g/mol. The minimum atomic E-state index is 0.725. The van der Waals surface area contributed by atoms with Gasteiger partial charge in [-0.05, 0) is 93.6 Å². The van der Waals surface area contributed by atoms with Crippen molar-refractivity contribution in [2.24, 2.45) is 20.5 Å². The van der Waals surface area contributed by atoms with Gasteiger partial charge < -0.3 is 4.90 Å². The van der Waals surface area contributed by atoms with E-state index in [4.69, 9.17) is 0 Å². The highest BCUT2D eigenvalue weighted by molar-refractivity contribution is 5.60. The third-order valence-corrected chi connectivity index (χ3v) is 4.48. The Labute approximate surface area is 201 Å². The first-order valence-corrected chi connectivity index (χ1v) is 10.6. The number of benzene rings is 3. The molecule has 6 heteroatoms. The molecule has 0 aliphatic carbocycles. The lowest BCUT2D eigenvalue weighted by Gasteiger charge is -2.10. The van der Waals surface area contributed by atoms with Crippen molar-refractivity contribution in [2.45, 2.75) is 20.8 Å². The fourth-order valence-corrected chi connectivity index (χ4v) is 2.84. The largest absolute Gasteiger partial charge is 0.305 e. The fourth-order valence-electron chi connectivity index (χ4n) is 2.84. The highest BCUT2D eigenvalue weighted by Crippen LogP contribution is 2.25. The van der Waals surface area contributed by atoms with Crippen molar-refractivity contribution in [1.82, 2.24) is 0 Å². The Hall–Kier alpha value is -4.86. The van der Waals surface area contributed by atoms with Crippen LogP contribution in [0.4, 0.5) is 34.1 Å². The third-order valence-electron chi connectivity index (χ3n) is 4.48. The number of rotatable bonds is 6. The molecule has 3 aromatic rings. The van der Waals surface area contributed by atoms with Crippen molar-refractivity contribution in [3.05, 3.63) is 72.8 Å². The van der Waals surface area contributed by atoms with Gasteiger partial charge in [0.1, 0.15) is 0 Å². The summed E-state index contributed by atoms with van der Waals surface area (Å²) in [5.74, 6) is 8.59. The van der Waals surface area contributed by atoms with E-state index in [-0.39, 0.29) is 0 Å². The summed E-state index contributed by atoms with van der Waals surface area (Å²) >= 11 is 0. The van der Waals surface area contributed by atoms with E-state index in [1.54, 1.807) is 18.7 Å². The van der Waals surface area contributed by atoms with Crippen LogP contribution in [0, 0.1) is 35.9 Å². The van der Waals surface area contributed by atoms with E-state index in [9.17, 15) is 0 Å². The van der Waals surface area contributed by atoms with Gasteiger partial charge in [-0.1, -0.05) is 17.8 Å². The maximum Gasteiger partial charge on any atom is 0.0858 e. The average Bonchev–Trinajstić information content (AvgIpc) is 2.87. The molecule has 0 saturated carbocycles. The second-order valence-electron chi connectivity index (χ2n) is 6.93. The van der Waals surface area contributed by atoms with E-state index in [0.717, 1.165) is 34.1 Å². The van der Waals surface area contributed by atoms with Gasteiger partial charge >= 0.3 is 0 Å². The van der Waals surface area contributed by atoms with Crippen LogP contribution in [0.1, 0.15) is 20.8 Å². The van der Waals surface area contributed by atoms with Crippen molar-refractivity contribution in [3.8, 4) is 35.9 Å². The molecule has 0 bridgehead atoms. The van der Waals surface area contributed by atoms with Crippen LogP contribution in [0.15, 0.2) is 93.3 Å². The number of anilines is 2. The maximum absolute atomic E-state index is 4.29. The number of azo groups is 2. The Morgan fingerprint density at radius 1 is 0.471 bits per heavy atom. The van der Waals surface area contributed by atoms with Crippen LogP contribution >= 0.6 is 0 Å². The standard InChI is InChI=1S/C28H24N6/c1-5-20-33(4)27-16-12-25(13-17-27)31-29-23-8-10-24(11-9-23)30-32-26-14-18-28(19-15-26)34(21-6-2)22-7-3/h8-19H,1-4H3. The Bertz CT molecular complexity index is 1320. The van der Waals surface area contributed by atoms with E-state index in [1.165, 1.54) is 0 Å². The molecule has 166 valence electrons. The molecule has 0 saturated heterocycles. The predicted octanol–water partition coefficient (Wildman–Crippen LogP) is 7.70. The molecule has 0 aromatic heterocycles. The quantitative estimate of drug-likeness (QED) is 0.222. The summed E-state index contributed by atoms with van der Waals surface area (Å²) in [6, 6.07) is 31.6. The van der Waals surface area contributed by atoms with Crippen molar-refractivity contribution in [2.75, 3.05) is 16.8 Å². The fraction of sp³-hybridized carbons (Fsp3) is 0.143. The minimum absolute atomic E-state index is 0.725. The zero-order chi connectivity index (χ0) is 24.2. The Morgan fingerprint density at radius 3 is 1.15 bits per heavy atom. The third kappa shape index (κ3) is 6.82. The lowest BCUT2D eigenvalue weighted by Crippen LogP contribution is -2.07. The molecule has 0 N–H and O–H groups in total. The Morgan fingerprint density at radius 2 is 0.794 bits per heavy atom. The van der Waals surface area contributed by atoms with Gasteiger partial charge in [-0.25, -0.2) is 4.90 Å². The smallest absolute Gasteiger partial charge is 0.0858 e. The van der Waals surface area contributed by atoms with Crippen LogP contribution in [0.2, 0.25) is 0 Å². The molecule has 0 aliphatic rings. The molecular weight excluding hydrogens is 420 g/mol. The summed E-state index contributed by atoms with van der Waals surface area (Å²) in [4.78, 5) is 3.54. The summed E-state index contributed by atoms with van der Waals surface area (Å²) in [6.45, 7) is 5.37. The highest BCUT2D eigenvalue weighted by Gasteiger charge is 2.01. The number of hydrogen-bond acceptors (Lipinski definition) is 6. The van der Waals surface area contributed by atoms with Gasteiger partial charge in [0.2, 0.25) is 0 Å². The van der Waals surface area contributed by atoms with Gasteiger partial charge in [0, 0.05) is 30.9 Å². The van der Waals surface area contributed by atoms with E-state index >= 15 is 0 Å². The van der Waals surface area contributed by atoms with Gasteiger partial charge in [0.25, 0.3) is 0 Å². The summed E-state index contributed by atoms with van der Waals surface area (Å²) in [6.07, 6.45) is 0. The van der Waals surface area contributed by atoms with E-state index in [1.807, 2.05) is 91.7 Å². The maximum atomic E-state index is 4.29.